The molecule has 6 heteroatoms. The van der Waals surface area contributed by atoms with Gasteiger partial charge < -0.3 is 18.9 Å². The SMILES string of the molecule is CC(C)(C)OC(=O)CCCCCCCCCCCCCCCCCCCCOc1c2ccccc2c(OCCCCCCCCCCCCCCCCCCCCC(=O)OC(C)(C)C)c2ccccc12. The van der Waals surface area contributed by atoms with Crippen LogP contribution in [0.5, 0.6) is 11.5 Å². The average Bonchev–Trinajstić information content (AvgIpc) is 3.31. The van der Waals surface area contributed by atoms with Crippen molar-refractivity contribution in [2.75, 3.05) is 13.2 Å². The molecule has 0 aliphatic heterocycles. The summed E-state index contributed by atoms with van der Waals surface area (Å²) in [5.41, 5.74) is -0.733. The van der Waals surface area contributed by atoms with Crippen molar-refractivity contribution < 1.29 is 28.5 Å². The molecule has 0 aliphatic rings. The lowest BCUT2D eigenvalue weighted by Crippen LogP contribution is -2.23. The van der Waals surface area contributed by atoms with E-state index in [4.69, 9.17) is 18.9 Å². The molecule has 0 bridgehead atoms. The fourth-order valence-corrected chi connectivity index (χ4v) is 9.89. The van der Waals surface area contributed by atoms with Crippen molar-refractivity contribution >= 4 is 33.5 Å². The normalized spacial score (nSPS) is 12.0. The summed E-state index contributed by atoms with van der Waals surface area (Å²) in [5.74, 6) is 1.91. The minimum absolute atomic E-state index is 0.0524. The molecule has 3 rings (SSSR count). The molecule has 0 N–H and O–H groups in total. The highest BCUT2D eigenvalue weighted by atomic mass is 16.6. The zero-order chi connectivity index (χ0) is 50.4. The molecule has 70 heavy (non-hydrogen) atoms. The molecule has 6 nitrogen and oxygen atoms in total. The van der Waals surface area contributed by atoms with Crippen molar-refractivity contribution in [3.8, 4) is 11.5 Å². The highest BCUT2D eigenvalue weighted by Gasteiger charge is 2.18. The Morgan fingerprint density at radius 1 is 0.300 bits per heavy atom. The Hall–Kier alpha value is -3.28. The maximum absolute atomic E-state index is 11.8. The number of carbonyl (C=O) groups is 2. The maximum Gasteiger partial charge on any atom is 0.306 e. The highest BCUT2D eigenvalue weighted by molar-refractivity contribution is 6.11. The second-order valence-corrected chi connectivity index (χ2v) is 22.8. The third-order valence-electron chi connectivity index (χ3n) is 13.7. The predicted octanol–water partition coefficient (Wildman–Crippen LogP) is 20.3. The lowest BCUT2D eigenvalue weighted by molar-refractivity contribution is -0.156. The third-order valence-corrected chi connectivity index (χ3v) is 13.7. The van der Waals surface area contributed by atoms with E-state index < -0.39 is 0 Å². The predicted molar refractivity (Wildman–Crippen MR) is 300 cm³/mol. The van der Waals surface area contributed by atoms with E-state index in [1.54, 1.807) is 0 Å². The van der Waals surface area contributed by atoms with Gasteiger partial charge in [0.15, 0.2) is 0 Å². The summed E-state index contributed by atoms with van der Waals surface area (Å²) >= 11 is 0. The van der Waals surface area contributed by atoms with Crippen LogP contribution in [0.2, 0.25) is 0 Å². The molecule has 0 fully saturated rings. The third kappa shape index (κ3) is 30.6. The zero-order valence-corrected chi connectivity index (χ0v) is 46.4. The van der Waals surface area contributed by atoms with E-state index in [1.165, 1.54) is 193 Å². The quantitative estimate of drug-likeness (QED) is 0.0319. The van der Waals surface area contributed by atoms with Crippen LogP contribution in [0.1, 0.15) is 286 Å². The van der Waals surface area contributed by atoms with Gasteiger partial charge in [-0.15, -0.1) is 0 Å². The summed E-state index contributed by atoms with van der Waals surface area (Å²) in [7, 11) is 0. The smallest absolute Gasteiger partial charge is 0.306 e. The van der Waals surface area contributed by atoms with Crippen LogP contribution in [0.3, 0.4) is 0 Å². The van der Waals surface area contributed by atoms with Crippen LogP contribution in [0, 0.1) is 0 Å². The molecule has 0 heterocycles. The molecular formula is C64H106O6. The van der Waals surface area contributed by atoms with Crippen LogP contribution in [0.15, 0.2) is 48.5 Å². The van der Waals surface area contributed by atoms with Gasteiger partial charge in [0.2, 0.25) is 0 Å². The number of esters is 2. The number of rotatable bonds is 44. The Morgan fingerprint density at radius 3 is 0.686 bits per heavy atom. The number of hydrogen-bond donors (Lipinski definition) is 0. The van der Waals surface area contributed by atoms with Crippen LogP contribution < -0.4 is 9.47 Å². The minimum atomic E-state index is -0.366. The standard InChI is InChI=1S/C64H106O6/c1-63(2,3)69-59(65)51-39-35-31-27-23-19-15-11-7-9-13-17-21-25-29-33-37-45-53-67-61-55-47-41-43-49-57(55)62(58-50-44-42-48-56(58)61)68-54-46-38-34-30-26-22-18-14-10-8-12-16-20-24-28-32-36-40-52-60(66)70-64(4,5)6/h41-44,47-50H,7-40,45-46,51-54H2,1-6H3. The summed E-state index contributed by atoms with van der Waals surface area (Å²) < 4.78 is 24.0. The fourth-order valence-electron chi connectivity index (χ4n) is 9.89. The van der Waals surface area contributed by atoms with E-state index in [-0.39, 0.29) is 23.1 Å². The largest absolute Gasteiger partial charge is 0.492 e. The van der Waals surface area contributed by atoms with Crippen molar-refractivity contribution in [1.29, 1.82) is 0 Å². The van der Waals surface area contributed by atoms with Crippen LogP contribution in [0.25, 0.3) is 21.5 Å². The molecule has 398 valence electrons. The van der Waals surface area contributed by atoms with Gasteiger partial charge in [0, 0.05) is 34.4 Å². The summed E-state index contributed by atoms with van der Waals surface area (Å²) in [6, 6.07) is 17.3. The van der Waals surface area contributed by atoms with Gasteiger partial charge >= 0.3 is 11.9 Å². The van der Waals surface area contributed by atoms with Crippen molar-refractivity contribution in [3.05, 3.63) is 48.5 Å². The molecule has 3 aromatic rings. The Balaban J connectivity index is 1.14. The molecule has 0 amide bonds. The monoisotopic (exact) mass is 971 g/mol. The molecule has 0 aliphatic carbocycles. The van der Waals surface area contributed by atoms with E-state index in [0.717, 1.165) is 84.8 Å². The van der Waals surface area contributed by atoms with Crippen LogP contribution in [0.4, 0.5) is 0 Å². The summed E-state index contributed by atoms with van der Waals surface area (Å²) in [5, 5.41) is 4.64. The Kier molecular flexibility index (Phi) is 33.4. The first-order chi connectivity index (χ1) is 33.9. The topological polar surface area (TPSA) is 71.1 Å². The summed E-state index contributed by atoms with van der Waals surface area (Å²) in [4.78, 5) is 23.6. The molecule has 0 radical (unpaired) electrons. The molecule has 0 aromatic heterocycles. The van der Waals surface area contributed by atoms with Gasteiger partial charge in [-0.3, -0.25) is 9.59 Å². The van der Waals surface area contributed by atoms with Gasteiger partial charge in [-0.2, -0.15) is 0 Å². The van der Waals surface area contributed by atoms with Crippen molar-refractivity contribution in [1.82, 2.24) is 0 Å². The lowest BCUT2D eigenvalue weighted by Gasteiger charge is -2.19. The van der Waals surface area contributed by atoms with Crippen LogP contribution >= 0.6 is 0 Å². The highest BCUT2D eigenvalue weighted by Crippen LogP contribution is 2.43. The van der Waals surface area contributed by atoms with E-state index in [9.17, 15) is 9.59 Å². The number of carbonyl (C=O) groups excluding carboxylic acids is 2. The fraction of sp³-hybridized carbons (Fsp3) is 0.750. The first-order valence-corrected chi connectivity index (χ1v) is 29.6. The van der Waals surface area contributed by atoms with Gasteiger partial charge in [0.1, 0.15) is 22.7 Å². The van der Waals surface area contributed by atoms with Crippen molar-refractivity contribution in [3.63, 3.8) is 0 Å². The summed E-state index contributed by atoms with van der Waals surface area (Å²) in [6.45, 7) is 13.1. The van der Waals surface area contributed by atoms with Gasteiger partial charge in [-0.1, -0.05) is 254 Å². The lowest BCUT2D eigenvalue weighted by atomic mass is 10.0. The molecule has 0 spiro atoms. The number of unbranched alkanes of at least 4 members (excludes halogenated alkanes) is 34. The first-order valence-electron chi connectivity index (χ1n) is 29.6. The van der Waals surface area contributed by atoms with Crippen molar-refractivity contribution in [2.45, 2.75) is 297 Å². The van der Waals surface area contributed by atoms with Crippen LogP contribution in [-0.4, -0.2) is 36.4 Å². The number of ether oxygens (including phenoxy) is 4. The molecule has 0 unspecified atom stereocenters. The summed E-state index contributed by atoms with van der Waals surface area (Å²) in [6.07, 6.45) is 47.9. The van der Waals surface area contributed by atoms with E-state index in [2.05, 4.69) is 48.5 Å². The van der Waals surface area contributed by atoms with E-state index >= 15 is 0 Å². The van der Waals surface area contributed by atoms with Crippen molar-refractivity contribution in [2.24, 2.45) is 0 Å². The Bertz CT molecular complexity index is 1580. The van der Waals surface area contributed by atoms with E-state index in [0.29, 0.717) is 12.8 Å². The van der Waals surface area contributed by atoms with Gasteiger partial charge in [0.05, 0.1) is 13.2 Å². The average molecular weight is 972 g/mol. The Labute approximate surface area is 430 Å². The molecule has 0 atom stereocenters. The van der Waals surface area contributed by atoms with Gasteiger partial charge in [-0.05, 0) is 67.2 Å². The molecular weight excluding hydrogens is 865 g/mol. The van der Waals surface area contributed by atoms with E-state index in [1.807, 2.05) is 41.5 Å². The second-order valence-electron chi connectivity index (χ2n) is 22.8. The number of benzene rings is 3. The van der Waals surface area contributed by atoms with Gasteiger partial charge in [-0.25, -0.2) is 0 Å². The maximum atomic E-state index is 11.8. The van der Waals surface area contributed by atoms with Gasteiger partial charge in [0.25, 0.3) is 0 Å². The zero-order valence-electron chi connectivity index (χ0n) is 46.4. The number of fused-ring (bicyclic) bond motifs is 2. The Morgan fingerprint density at radius 2 is 0.486 bits per heavy atom. The molecule has 3 aromatic carbocycles. The molecule has 0 saturated carbocycles. The minimum Gasteiger partial charge on any atom is -0.492 e. The second kappa shape index (κ2) is 38.4. The first kappa shape index (κ1) is 61.0. The number of hydrogen-bond acceptors (Lipinski definition) is 6. The molecule has 0 saturated heterocycles. The van der Waals surface area contributed by atoms with Crippen LogP contribution in [-0.2, 0) is 19.1 Å².